The summed E-state index contributed by atoms with van der Waals surface area (Å²) in [7, 11) is 0. The molecule has 3 aromatic carbocycles. The lowest BCUT2D eigenvalue weighted by Gasteiger charge is -2.16. The number of amides is 1. The molecule has 0 bridgehead atoms. The number of aromatic nitrogens is 1. The lowest BCUT2D eigenvalue weighted by Crippen LogP contribution is -2.22. The number of anilines is 1. The first kappa shape index (κ1) is 15.8. The molecule has 3 nitrogen and oxygen atoms in total. The van der Waals surface area contributed by atoms with Gasteiger partial charge >= 0.3 is 0 Å². The summed E-state index contributed by atoms with van der Waals surface area (Å²) < 4.78 is 0. The Kier molecular flexibility index (Phi) is 3.54. The van der Waals surface area contributed by atoms with E-state index in [9.17, 15) is 4.79 Å². The fraction of sp³-hybridized carbons (Fsp3) is 0.0833. The lowest BCUT2D eigenvalue weighted by molar-refractivity contribution is 0.0998. The molecule has 1 aliphatic rings. The third-order valence-electron chi connectivity index (χ3n) is 5.16. The predicted molar refractivity (Wildman–Crippen MR) is 109 cm³/mol. The van der Waals surface area contributed by atoms with Crippen LogP contribution in [0.1, 0.15) is 21.5 Å². The van der Waals surface area contributed by atoms with Crippen molar-refractivity contribution in [3.05, 3.63) is 95.6 Å². The van der Waals surface area contributed by atoms with Gasteiger partial charge in [-0.15, -0.1) is 0 Å². The highest BCUT2D eigenvalue weighted by Crippen LogP contribution is 2.38. The second kappa shape index (κ2) is 6.06. The average molecular weight is 350 g/mol. The number of benzene rings is 3. The number of nitrogens with zero attached hydrogens (tertiary/aromatic N) is 2. The highest BCUT2D eigenvalue weighted by atomic mass is 16.2. The van der Waals surface area contributed by atoms with Gasteiger partial charge in [0.1, 0.15) is 0 Å². The third-order valence-corrected chi connectivity index (χ3v) is 5.16. The Bertz CT molecular complexity index is 1160. The van der Waals surface area contributed by atoms with Crippen LogP contribution in [0.25, 0.3) is 22.2 Å². The molecule has 0 saturated heterocycles. The molecule has 4 aromatic rings. The number of para-hydroxylation sites is 1. The van der Waals surface area contributed by atoms with Gasteiger partial charge in [0.05, 0.1) is 23.3 Å². The molecule has 2 heterocycles. The third kappa shape index (κ3) is 2.51. The SMILES string of the molecule is Cc1ccc(N2Cc3c(-c4ccccc4)nc4ccccc4c3C2=O)cc1. The van der Waals surface area contributed by atoms with E-state index in [4.69, 9.17) is 4.98 Å². The molecule has 0 spiro atoms. The van der Waals surface area contributed by atoms with E-state index in [1.54, 1.807) is 0 Å². The first-order valence-electron chi connectivity index (χ1n) is 9.08. The lowest BCUT2D eigenvalue weighted by atomic mass is 9.99. The van der Waals surface area contributed by atoms with Gasteiger partial charge in [0.2, 0.25) is 0 Å². The first-order valence-corrected chi connectivity index (χ1v) is 9.08. The average Bonchev–Trinajstić information content (AvgIpc) is 3.06. The molecule has 0 saturated carbocycles. The van der Waals surface area contributed by atoms with Gasteiger partial charge in [-0.1, -0.05) is 66.2 Å². The molecule has 5 rings (SSSR count). The van der Waals surface area contributed by atoms with E-state index in [0.29, 0.717) is 6.54 Å². The quantitative estimate of drug-likeness (QED) is 0.487. The van der Waals surface area contributed by atoms with Crippen LogP contribution in [0.4, 0.5) is 5.69 Å². The maximum atomic E-state index is 13.4. The number of fused-ring (bicyclic) bond motifs is 3. The minimum absolute atomic E-state index is 0.0460. The Labute approximate surface area is 157 Å². The van der Waals surface area contributed by atoms with Crippen LogP contribution in [0.2, 0.25) is 0 Å². The van der Waals surface area contributed by atoms with Crippen LogP contribution in [0.5, 0.6) is 0 Å². The minimum Gasteiger partial charge on any atom is -0.304 e. The maximum absolute atomic E-state index is 13.4. The van der Waals surface area contributed by atoms with Crippen molar-refractivity contribution in [1.29, 1.82) is 0 Å². The molecule has 1 aromatic heterocycles. The Morgan fingerprint density at radius 3 is 2.33 bits per heavy atom. The summed E-state index contributed by atoms with van der Waals surface area (Å²) in [6, 6.07) is 26.1. The number of carbonyl (C=O) groups excluding carboxylic acids is 1. The van der Waals surface area contributed by atoms with Crippen LogP contribution in [0.3, 0.4) is 0 Å². The zero-order valence-corrected chi connectivity index (χ0v) is 15.0. The van der Waals surface area contributed by atoms with Crippen molar-refractivity contribution in [2.45, 2.75) is 13.5 Å². The topological polar surface area (TPSA) is 33.2 Å². The molecule has 0 radical (unpaired) electrons. The molecule has 130 valence electrons. The molecule has 1 amide bonds. The molecule has 0 N–H and O–H groups in total. The molecule has 0 atom stereocenters. The summed E-state index contributed by atoms with van der Waals surface area (Å²) in [4.78, 5) is 20.1. The van der Waals surface area contributed by atoms with Gasteiger partial charge in [0.25, 0.3) is 5.91 Å². The number of rotatable bonds is 2. The maximum Gasteiger partial charge on any atom is 0.259 e. The Balaban J connectivity index is 1.75. The van der Waals surface area contributed by atoms with E-state index in [1.807, 2.05) is 71.6 Å². The summed E-state index contributed by atoms with van der Waals surface area (Å²) in [6.45, 7) is 2.59. The first-order chi connectivity index (χ1) is 13.2. The van der Waals surface area contributed by atoms with Gasteiger partial charge in [-0.3, -0.25) is 4.79 Å². The number of aryl methyl sites for hydroxylation is 1. The van der Waals surface area contributed by atoms with Gasteiger partial charge in [0.15, 0.2) is 0 Å². The monoisotopic (exact) mass is 350 g/mol. The molecule has 3 heteroatoms. The second-order valence-corrected chi connectivity index (χ2v) is 6.92. The van der Waals surface area contributed by atoms with Crippen molar-refractivity contribution in [1.82, 2.24) is 4.98 Å². The van der Waals surface area contributed by atoms with Gasteiger partial charge < -0.3 is 4.90 Å². The van der Waals surface area contributed by atoms with Crippen molar-refractivity contribution in [3.8, 4) is 11.3 Å². The number of hydrogen-bond acceptors (Lipinski definition) is 2. The largest absolute Gasteiger partial charge is 0.304 e. The normalized spacial score (nSPS) is 13.2. The summed E-state index contributed by atoms with van der Waals surface area (Å²) in [5, 5.41) is 0.923. The van der Waals surface area contributed by atoms with E-state index in [0.717, 1.165) is 39.0 Å². The van der Waals surface area contributed by atoms with Crippen molar-refractivity contribution >= 4 is 22.5 Å². The Hall–Kier alpha value is -3.46. The molecule has 0 unspecified atom stereocenters. The van der Waals surface area contributed by atoms with Crippen LogP contribution in [0.15, 0.2) is 78.9 Å². The highest BCUT2D eigenvalue weighted by molar-refractivity contribution is 6.18. The van der Waals surface area contributed by atoms with Gasteiger partial charge in [-0.25, -0.2) is 4.98 Å². The van der Waals surface area contributed by atoms with Crippen molar-refractivity contribution in [2.75, 3.05) is 4.90 Å². The van der Waals surface area contributed by atoms with Crippen molar-refractivity contribution in [2.24, 2.45) is 0 Å². The van der Waals surface area contributed by atoms with Crippen molar-refractivity contribution < 1.29 is 4.79 Å². The van der Waals surface area contributed by atoms with Gasteiger partial charge in [0, 0.05) is 22.2 Å². The van der Waals surface area contributed by atoms with E-state index in [1.165, 1.54) is 5.56 Å². The Morgan fingerprint density at radius 1 is 0.852 bits per heavy atom. The predicted octanol–water partition coefficient (Wildman–Crippen LogP) is 5.37. The molecular formula is C24H18N2O. The van der Waals surface area contributed by atoms with Gasteiger partial charge in [-0.2, -0.15) is 0 Å². The molecule has 0 aliphatic carbocycles. The number of pyridine rings is 1. The van der Waals surface area contributed by atoms with Crippen LogP contribution >= 0.6 is 0 Å². The van der Waals surface area contributed by atoms with Crippen LogP contribution in [-0.4, -0.2) is 10.9 Å². The Morgan fingerprint density at radius 2 is 1.56 bits per heavy atom. The molecule has 1 aliphatic heterocycles. The summed E-state index contributed by atoms with van der Waals surface area (Å²) >= 11 is 0. The molecule has 27 heavy (non-hydrogen) atoms. The zero-order chi connectivity index (χ0) is 18.4. The van der Waals surface area contributed by atoms with Crippen LogP contribution < -0.4 is 4.90 Å². The van der Waals surface area contributed by atoms with Gasteiger partial charge in [-0.05, 0) is 25.1 Å². The summed E-state index contributed by atoms with van der Waals surface area (Å²) in [5.74, 6) is 0.0460. The second-order valence-electron chi connectivity index (χ2n) is 6.92. The fourth-order valence-electron chi connectivity index (χ4n) is 3.78. The minimum atomic E-state index is 0.0460. The van der Waals surface area contributed by atoms with E-state index < -0.39 is 0 Å². The van der Waals surface area contributed by atoms with Crippen molar-refractivity contribution in [3.63, 3.8) is 0 Å². The van der Waals surface area contributed by atoms with E-state index in [2.05, 4.69) is 19.1 Å². The number of hydrogen-bond donors (Lipinski definition) is 0. The summed E-state index contributed by atoms with van der Waals surface area (Å²) in [6.07, 6.45) is 0. The van der Waals surface area contributed by atoms with E-state index >= 15 is 0 Å². The highest BCUT2D eigenvalue weighted by Gasteiger charge is 2.33. The zero-order valence-electron chi connectivity index (χ0n) is 15.0. The smallest absolute Gasteiger partial charge is 0.259 e. The fourth-order valence-corrected chi connectivity index (χ4v) is 3.78. The standard InChI is InChI=1S/C24H18N2O/c1-16-11-13-18(14-12-16)26-15-20-22(24(26)27)19-9-5-6-10-21(19)25-23(20)17-7-3-2-4-8-17/h2-14H,15H2,1H3. The molecule has 0 fully saturated rings. The summed E-state index contributed by atoms with van der Waals surface area (Å²) in [5.41, 5.74) is 6.68. The van der Waals surface area contributed by atoms with Crippen LogP contribution in [0, 0.1) is 6.92 Å². The molecular weight excluding hydrogens is 332 g/mol. The van der Waals surface area contributed by atoms with E-state index in [-0.39, 0.29) is 5.91 Å². The number of carbonyl (C=O) groups is 1. The van der Waals surface area contributed by atoms with Crippen LogP contribution in [-0.2, 0) is 6.54 Å².